The Bertz CT molecular complexity index is 471. The summed E-state index contributed by atoms with van der Waals surface area (Å²) in [5.74, 6) is -1.34. The number of carbonyl (C=O) groups excluding carboxylic acids is 1. The van der Waals surface area contributed by atoms with Crippen LogP contribution in [0.25, 0.3) is 0 Å². The highest BCUT2D eigenvalue weighted by Gasteiger charge is 2.42. The van der Waals surface area contributed by atoms with Crippen LogP contribution >= 0.6 is 0 Å². The Kier molecular flexibility index (Phi) is 4.51. The number of aryl methyl sites for hydroxylation is 1. The van der Waals surface area contributed by atoms with Crippen LogP contribution in [0.3, 0.4) is 0 Å². The minimum Gasteiger partial charge on any atom is -0.299 e. The molecule has 20 heavy (non-hydrogen) atoms. The molecular weight excluding hydrogens is 265 g/mol. The van der Waals surface area contributed by atoms with Crippen molar-refractivity contribution in [2.75, 3.05) is 0 Å². The number of rotatable bonds is 3. The van der Waals surface area contributed by atoms with Crippen LogP contribution in [0.2, 0.25) is 0 Å². The Morgan fingerprint density at radius 3 is 2.40 bits per heavy atom. The molecule has 0 unspecified atom stereocenters. The van der Waals surface area contributed by atoms with E-state index in [2.05, 4.69) is 0 Å². The lowest BCUT2D eigenvalue weighted by molar-refractivity contribution is -0.184. The minimum absolute atomic E-state index is 0.0798. The van der Waals surface area contributed by atoms with E-state index in [0.29, 0.717) is 19.3 Å². The van der Waals surface area contributed by atoms with Crippen molar-refractivity contribution in [1.82, 2.24) is 0 Å². The molecule has 4 heteroatoms. The number of benzene rings is 1. The second kappa shape index (κ2) is 5.98. The first-order chi connectivity index (χ1) is 9.36. The highest BCUT2D eigenvalue weighted by Crippen LogP contribution is 2.39. The molecule has 1 fully saturated rings. The number of hydrogen-bond acceptors (Lipinski definition) is 1. The quantitative estimate of drug-likeness (QED) is 0.800. The lowest BCUT2D eigenvalue weighted by Crippen LogP contribution is -2.30. The average molecular weight is 284 g/mol. The highest BCUT2D eigenvalue weighted by atomic mass is 19.4. The monoisotopic (exact) mass is 284 g/mol. The van der Waals surface area contributed by atoms with Crippen LogP contribution in [-0.2, 0) is 11.2 Å². The maximum atomic E-state index is 12.6. The minimum atomic E-state index is -4.11. The predicted octanol–water partition coefficient (Wildman–Crippen LogP) is 4.48. The molecule has 0 radical (unpaired) electrons. The van der Waals surface area contributed by atoms with Crippen molar-refractivity contribution < 1.29 is 18.0 Å². The van der Waals surface area contributed by atoms with E-state index in [9.17, 15) is 18.0 Å². The molecule has 0 amide bonds. The molecule has 1 aliphatic rings. The van der Waals surface area contributed by atoms with E-state index in [4.69, 9.17) is 0 Å². The van der Waals surface area contributed by atoms with E-state index in [1.54, 1.807) is 0 Å². The fourth-order valence-corrected chi connectivity index (χ4v) is 2.91. The molecule has 1 aromatic rings. The second-order valence-corrected chi connectivity index (χ2v) is 5.72. The molecule has 0 saturated heterocycles. The maximum Gasteiger partial charge on any atom is 0.391 e. The SMILES string of the molecule is Cc1cccc(CC(=O)C2CCC(C(F)(F)F)CC2)c1. The van der Waals surface area contributed by atoms with Crippen molar-refractivity contribution >= 4 is 5.78 Å². The highest BCUT2D eigenvalue weighted by molar-refractivity contribution is 5.83. The largest absolute Gasteiger partial charge is 0.391 e. The zero-order valence-corrected chi connectivity index (χ0v) is 11.5. The van der Waals surface area contributed by atoms with E-state index in [-0.39, 0.29) is 24.5 Å². The molecule has 1 aromatic carbocycles. The van der Waals surface area contributed by atoms with Gasteiger partial charge < -0.3 is 0 Å². The summed E-state index contributed by atoms with van der Waals surface area (Å²) in [5, 5.41) is 0. The topological polar surface area (TPSA) is 17.1 Å². The van der Waals surface area contributed by atoms with Crippen molar-refractivity contribution in [2.45, 2.75) is 45.2 Å². The number of carbonyl (C=O) groups is 1. The molecule has 0 N–H and O–H groups in total. The average Bonchev–Trinajstić information content (AvgIpc) is 2.38. The zero-order chi connectivity index (χ0) is 14.8. The first-order valence-corrected chi connectivity index (χ1v) is 7.01. The molecular formula is C16H19F3O. The van der Waals surface area contributed by atoms with Crippen molar-refractivity contribution in [3.05, 3.63) is 35.4 Å². The third-order valence-corrected chi connectivity index (χ3v) is 4.11. The summed E-state index contributed by atoms with van der Waals surface area (Å²) in [7, 11) is 0. The molecule has 110 valence electrons. The van der Waals surface area contributed by atoms with Gasteiger partial charge in [0.1, 0.15) is 5.78 Å². The molecule has 0 aliphatic heterocycles. The molecule has 2 rings (SSSR count). The van der Waals surface area contributed by atoms with E-state index in [1.807, 2.05) is 31.2 Å². The number of Topliss-reactive ketones (excluding diaryl/α,β-unsaturated/α-hetero) is 1. The normalized spacial score (nSPS) is 23.6. The Morgan fingerprint density at radius 1 is 1.20 bits per heavy atom. The van der Waals surface area contributed by atoms with Gasteiger partial charge in [-0.15, -0.1) is 0 Å². The summed E-state index contributed by atoms with van der Waals surface area (Å²) in [6, 6.07) is 7.71. The molecule has 1 nitrogen and oxygen atoms in total. The summed E-state index contributed by atoms with van der Waals surface area (Å²) in [5.41, 5.74) is 2.05. The van der Waals surface area contributed by atoms with Crippen LogP contribution in [0.4, 0.5) is 13.2 Å². The van der Waals surface area contributed by atoms with Gasteiger partial charge >= 0.3 is 6.18 Å². The van der Waals surface area contributed by atoms with Gasteiger partial charge in [-0.05, 0) is 38.2 Å². The maximum absolute atomic E-state index is 12.6. The van der Waals surface area contributed by atoms with Gasteiger partial charge in [-0.1, -0.05) is 29.8 Å². The van der Waals surface area contributed by atoms with E-state index in [1.165, 1.54) is 0 Å². The zero-order valence-electron chi connectivity index (χ0n) is 11.5. The first kappa shape index (κ1) is 15.1. The van der Waals surface area contributed by atoms with E-state index in [0.717, 1.165) is 11.1 Å². The molecule has 0 spiro atoms. The van der Waals surface area contributed by atoms with Crippen molar-refractivity contribution in [1.29, 1.82) is 0 Å². The summed E-state index contributed by atoms with van der Waals surface area (Å²) in [6.07, 6.45) is -2.85. The standard InChI is InChI=1S/C16H19F3O/c1-11-3-2-4-12(9-11)10-15(20)13-5-7-14(8-6-13)16(17,18)19/h2-4,9,13-14H,5-8,10H2,1H3. The van der Waals surface area contributed by atoms with Gasteiger partial charge in [0.2, 0.25) is 0 Å². The molecule has 0 atom stereocenters. The summed E-state index contributed by atoms with van der Waals surface area (Å²) in [4.78, 5) is 12.2. The molecule has 1 saturated carbocycles. The fraction of sp³-hybridized carbons (Fsp3) is 0.562. The third-order valence-electron chi connectivity index (χ3n) is 4.11. The molecule has 0 heterocycles. The second-order valence-electron chi connectivity index (χ2n) is 5.72. The number of alkyl halides is 3. The molecule has 0 aromatic heterocycles. The van der Waals surface area contributed by atoms with Gasteiger partial charge in [0, 0.05) is 12.3 Å². The van der Waals surface area contributed by atoms with Gasteiger partial charge in [0.25, 0.3) is 0 Å². The van der Waals surface area contributed by atoms with Gasteiger partial charge in [0.05, 0.1) is 5.92 Å². The van der Waals surface area contributed by atoms with Gasteiger partial charge in [-0.3, -0.25) is 4.79 Å². The van der Waals surface area contributed by atoms with Crippen LogP contribution < -0.4 is 0 Å². The fourth-order valence-electron chi connectivity index (χ4n) is 2.91. The van der Waals surface area contributed by atoms with E-state index >= 15 is 0 Å². The lowest BCUT2D eigenvalue weighted by Gasteiger charge is -2.29. The Labute approximate surface area is 117 Å². The summed E-state index contributed by atoms with van der Waals surface area (Å²) < 4.78 is 37.7. The number of ketones is 1. The number of hydrogen-bond donors (Lipinski definition) is 0. The van der Waals surface area contributed by atoms with Crippen LogP contribution in [0.1, 0.15) is 36.8 Å². The van der Waals surface area contributed by atoms with Gasteiger partial charge in [-0.2, -0.15) is 13.2 Å². The predicted molar refractivity (Wildman–Crippen MR) is 71.4 cm³/mol. The van der Waals surface area contributed by atoms with Crippen molar-refractivity contribution in [3.8, 4) is 0 Å². The van der Waals surface area contributed by atoms with Crippen molar-refractivity contribution in [2.24, 2.45) is 11.8 Å². The lowest BCUT2D eigenvalue weighted by atomic mass is 9.78. The number of halogens is 3. The first-order valence-electron chi connectivity index (χ1n) is 7.01. The third kappa shape index (κ3) is 3.84. The van der Waals surface area contributed by atoms with Crippen molar-refractivity contribution in [3.63, 3.8) is 0 Å². The van der Waals surface area contributed by atoms with E-state index < -0.39 is 12.1 Å². The Morgan fingerprint density at radius 2 is 1.85 bits per heavy atom. The van der Waals surface area contributed by atoms with Crippen LogP contribution in [0.5, 0.6) is 0 Å². The van der Waals surface area contributed by atoms with Gasteiger partial charge in [-0.25, -0.2) is 0 Å². The van der Waals surface area contributed by atoms with Crippen LogP contribution in [0.15, 0.2) is 24.3 Å². The molecule has 1 aliphatic carbocycles. The smallest absolute Gasteiger partial charge is 0.299 e. The summed E-state index contributed by atoms with van der Waals surface area (Å²) in [6.45, 7) is 1.96. The Balaban J connectivity index is 1.89. The van der Waals surface area contributed by atoms with Crippen LogP contribution in [0, 0.1) is 18.8 Å². The summed E-state index contributed by atoms with van der Waals surface area (Å²) >= 11 is 0. The Hall–Kier alpha value is -1.32. The van der Waals surface area contributed by atoms with Crippen LogP contribution in [-0.4, -0.2) is 12.0 Å². The van der Waals surface area contributed by atoms with Gasteiger partial charge in [0.15, 0.2) is 0 Å². The molecule has 0 bridgehead atoms.